The number of nitrogens with one attached hydrogen (secondary N) is 2. The van der Waals surface area contributed by atoms with Crippen molar-refractivity contribution in [2.24, 2.45) is 0 Å². The average Bonchev–Trinajstić information content (AvgIpc) is 2.84. The molecule has 4 rings (SSSR count). The Hall–Kier alpha value is -4.33. The number of anilines is 3. The van der Waals surface area contributed by atoms with Gasteiger partial charge in [-0.3, -0.25) is 9.78 Å². The lowest BCUT2D eigenvalue weighted by Gasteiger charge is -2.15. The van der Waals surface area contributed by atoms with Gasteiger partial charge in [0.2, 0.25) is 0 Å². The maximum atomic E-state index is 13.3. The highest BCUT2D eigenvalue weighted by Gasteiger charge is 2.32. The lowest BCUT2D eigenvalue weighted by atomic mass is 9.96. The van der Waals surface area contributed by atoms with Gasteiger partial charge in [0.25, 0.3) is 5.91 Å². The van der Waals surface area contributed by atoms with E-state index in [0.29, 0.717) is 34.7 Å². The van der Waals surface area contributed by atoms with E-state index in [9.17, 15) is 18.0 Å². The van der Waals surface area contributed by atoms with Crippen molar-refractivity contribution in [1.29, 1.82) is 0 Å². The summed E-state index contributed by atoms with van der Waals surface area (Å²) in [6, 6.07) is 22.4. The Balaban J connectivity index is 1.57. The number of pyridine rings is 1. The molecule has 1 amide bonds. The largest absolute Gasteiger partial charge is 0.416 e. The van der Waals surface area contributed by atoms with Gasteiger partial charge in [0.05, 0.1) is 29.2 Å². The van der Waals surface area contributed by atoms with E-state index in [-0.39, 0.29) is 5.56 Å². The number of aromatic nitrogens is 1. The van der Waals surface area contributed by atoms with Gasteiger partial charge in [-0.2, -0.15) is 13.2 Å². The number of carbonyl (C=O) groups is 1. The molecule has 4 aromatic rings. The zero-order chi connectivity index (χ0) is 24.1. The van der Waals surface area contributed by atoms with Crippen molar-refractivity contribution in [3.05, 3.63) is 108 Å². The fourth-order valence-electron chi connectivity index (χ4n) is 3.47. The van der Waals surface area contributed by atoms with E-state index in [0.717, 1.165) is 17.8 Å². The molecule has 4 N–H and O–H groups in total. The predicted molar refractivity (Wildman–Crippen MR) is 127 cm³/mol. The van der Waals surface area contributed by atoms with Crippen LogP contribution in [-0.2, 0) is 12.7 Å². The smallest absolute Gasteiger partial charge is 0.397 e. The van der Waals surface area contributed by atoms with Crippen molar-refractivity contribution < 1.29 is 18.0 Å². The normalized spacial score (nSPS) is 11.1. The number of hydrogen-bond donors (Lipinski definition) is 3. The quantitative estimate of drug-likeness (QED) is 0.298. The van der Waals surface area contributed by atoms with E-state index in [1.54, 1.807) is 54.7 Å². The Morgan fingerprint density at radius 3 is 2.35 bits per heavy atom. The molecule has 1 heterocycles. The Bertz CT molecular complexity index is 1290. The minimum absolute atomic E-state index is 0.0862. The van der Waals surface area contributed by atoms with Gasteiger partial charge in [-0.25, -0.2) is 0 Å². The molecule has 8 heteroatoms. The molecule has 172 valence electrons. The number of carbonyl (C=O) groups excluding carboxylic acids is 1. The maximum absolute atomic E-state index is 13.3. The molecule has 0 bridgehead atoms. The number of nitrogens with two attached hydrogens (primary N) is 1. The van der Waals surface area contributed by atoms with Crippen LogP contribution in [0.1, 0.15) is 21.6 Å². The topological polar surface area (TPSA) is 80.0 Å². The second kappa shape index (κ2) is 9.66. The molecule has 0 aliphatic rings. The van der Waals surface area contributed by atoms with E-state index in [4.69, 9.17) is 5.73 Å². The number of hydrogen-bond acceptors (Lipinski definition) is 4. The fraction of sp³-hybridized carbons (Fsp3) is 0.0769. The van der Waals surface area contributed by atoms with Crippen LogP contribution in [0.25, 0.3) is 11.1 Å². The van der Waals surface area contributed by atoms with Crippen LogP contribution in [0.2, 0.25) is 0 Å². The van der Waals surface area contributed by atoms with Gasteiger partial charge in [0.1, 0.15) is 0 Å². The van der Waals surface area contributed by atoms with E-state index in [2.05, 4.69) is 15.6 Å². The number of amides is 1. The summed E-state index contributed by atoms with van der Waals surface area (Å²) in [4.78, 5) is 17.3. The zero-order valence-electron chi connectivity index (χ0n) is 17.9. The van der Waals surface area contributed by atoms with Crippen LogP contribution in [0, 0.1) is 0 Å². The Morgan fingerprint density at radius 2 is 1.68 bits per heavy atom. The predicted octanol–water partition coefficient (Wildman–Crippen LogP) is 6.21. The summed E-state index contributed by atoms with van der Waals surface area (Å²) in [5, 5.41) is 5.83. The third-order valence-corrected chi connectivity index (χ3v) is 5.17. The summed E-state index contributed by atoms with van der Waals surface area (Å²) >= 11 is 0. The lowest BCUT2D eigenvalue weighted by Crippen LogP contribution is -2.16. The third kappa shape index (κ3) is 5.35. The Kier molecular flexibility index (Phi) is 6.49. The van der Waals surface area contributed by atoms with Gasteiger partial charge in [0, 0.05) is 17.4 Å². The highest BCUT2D eigenvalue weighted by atomic mass is 19.4. The van der Waals surface area contributed by atoms with Crippen molar-refractivity contribution in [3.8, 4) is 11.1 Å². The van der Waals surface area contributed by atoms with Crippen LogP contribution in [0.15, 0.2) is 91.1 Å². The van der Waals surface area contributed by atoms with E-state index in [1.165, 1.54) is 6.07 Å². The minimum Gasteiger partial charge on any atom is -0.397 e. The minimum atomic E-state index is -4.57. The molecule has 0 saturated heterocycles. The van der Waals surface area contributed by atoms with Crippen molar-refractivity contribution in [1.82, 2.24) is 4.98 Å². The van der Waals surface area contributed by atoms with Gasteiger partial charge < -0.3 is 16.4 Å². The first-order valence-electron chi connectivity index (χ1n) is 10.4. The molecule has 0 aliphatic carbocycles. The number of nitrogens with zero attached hydrogens (tertiary/aromatic N) is 1. The number of alkyl halides is 3. The highest BCUT2D eigenvalue weighted by molar-refractivity contribution is 6.09. The standard InChI is InChI=1S/C26H21F3N4O/c27-26(28,29)18-9-11-21(17-6-2-1-3-7-17)22(14-18)25(34)33-19-10-12-24(23(30)15-19)32-16-20-8-4-5-13-31-20/h1-15,32H,16,30H2,(H,33,34). The molecule has 34 heavy (non-hydrogen) atoms. The monoisotopic (exact) mass is 462 g/mol. The van der Waals surface area contributed by atoms with Crippen LogP contribution in [0.5, 0.6) is 0 Å². The molecular formula is C26H21F3N4O. The summed E-state index contributed by atoms with van der Waals surface area (Å²) in [7, 11) is 0. The number of benzene rings is 3. The maximum Gasteiger partial charge on any atom is 0.416 e. The first kappa shape index (κ1) is 22.8. The van der Waals surface area contributed by atoms with Gasteiger partial charge in [0.15, 0.2) is 0 Å². The molecule has 1 aromatic heterocycles. The van der Waals surface area contributed by atoms with Crippen molar-refractivity contribution in [2.45, 2.75) is 12.7 Å². The van der Waals surface area contributed by atoms with Gasteiger partial charge in [-0.05, 0) is 53.6 Å². The summed E-state index contributed by atoms with van der Waals surface area (Å²) in [5.74, 6) is -0.668. The molecule has 0 radical (unpaired) electrons. The highest BCUT2D eigenvalue weighted by Crippen LogP contribution is 2.34. The molecule has 0 atom stereocenters. The Labute approximate surface area is 194 Å². The molecule has 0 fully saturated rings. The number of halogens is 3. The molecule has 0 saturated carbocycles. The summed E-state index contributed by atoms with van der Waals surface area (Å²) in [6.07, 6.45) is -2.88. The van der Waals surface area contributed by atoms with Crippen molar-refractivity contribution >= 4 is 23.0 Å². The SMILES string of the molecule is Nc1cc(NC(=O)c2cc(C(F)(F)F)ccc2-c2ccccc2)ccc1NCc1ccccn1. The molecule has 0 spiro atoms. The summed E-state index contributed by atoms with van der Waals surface area (Å²) in [6.45, 7) is 0.460. The molecule has 0 aliphatic heterocycles. The second-order valence-electron chi connectivity index (χ2n) is 7.55. The number of nitrogen functional groups attached to an aromatic ring is 1. The summed E-state index contributed by atoms with van der Waals surface area (Å²) < 4.78 is 40.0. The van der Waals surface area contributed by atoms with Crippen LogP contribution in [-0.4, -0.2) is 10.9 Å². The van der Waals surface area contributed by atoms with Crippen LogP contribution < -0.4 is 16.4 Å². The van der Waals surface area contributed by atoms with Crippen molar-refractivity contribution in [3.63, 3.8) is 0 Å². The Morgan fingerprint density at radius 1 is 0.912 bits per heavy atom. The van der Waals surface area contributed by atoms with Gasteiger partial charge in [-0.15, -0.1) is 0 Å². The van der Waals surface area contributed by atoms with E-state index < -0.39 is 17.6 Å². The van der Waals surface area contributed by atoms with Crippen molar-refractivity contribution in [2.75, 3.05) is 16.4 Å². The first-order chi connectivity index (χ1) is 16.3. The molecule has 5 nitrogen and oxygen atoms in total. The molecular weight excluding hydrogens is 441 g/mol. The fourth-order valence-corrected chi connectivity index (χ4v) is 3.47. The van der Waals surface area contributed by atoms with E-state index >= 15 is 0 Å². The molecule has 3 aromatic carbocycles. The first-order valence-corrected chi connectivity index (χ1v) is 10.4. The van der Waals surface area contributed by atoms with Crippen LogP contribution in [0.4, 0.5) is 30.2 Å². The molecule has 0 unspecified atom stereocenters. The lowest BCUT2D eigenvalue weighted by molar-refractivity contribution is -0.137. The van der Waals surface area contributed by atoms with Crippen LogP contribution >= 0.6 is 0 Å². The summed E-state index contributed by atoms with van der Waals surface area (Å²) in [5.41, 5.74) is 8.38. The zero-order valence-corrected chi connectivity index (χ0v) is 17.9. The van der Waals surface area contributed by atoms with Gasteiger partial charge in [-0.1, -0.05) is 42.5 Å². The average molecular weight is 462 g/mol. The third-order valence-electron chi connectivity index (χ3n) is 5.17. The second-order valence-corrected chi connectivity index (χ2v) is 7.55. The number of rotatable bonds is 6. The van der Waals surface area contributed by atoms with Gasteiger partial charge >= 0.3 is 6.18 Å². The van der Waals surface area contributed by atoms with Crippen LogP contribution in [0.3, 0.4) is 0 Å². The van der Waals surface area contributed by atoms with E-state index in [1.807, 2.05) is 18.2 Å².